The summed E-state index contributed by atoms with van der Waals surface area (Å²) < 4.78 is 11.5. The smallest absolute Gasteiger partial charge is 0.306 e. The third-order valence-electron chi connectivity index (χ3n) is 11.0. The molecule has 0 aliphatic rings. The number of esters is 2. The Kier molecular flexibility index (Phi) is 30.3. The van der Waals surface area contributed by atoms with Crippen LogP contribution in [-0.2, 0) is 32.3 Å². The van der Waals surface area contributed by atoms with E-state index in [0.717, 1.165) is 74.4 Å². The third kappa shape index (κ3) is 25.5. The first kappa shape index (κ1) is 49.4. The summed E-state index contributed by atoms with van der Waals surface area (Å²) in [6.45, 7) is 16.1. The molecule has 0 amide bonds. The molecule has 0 atom stereocenters. The molecule has 2 aromatic rings. The summed E-state index contributed by atoms with van der Waals surface area (Å²) in [5.74, 6) is -0.246. The van der Waals surface area contributed by atoms with E-state index < -0.39 is 0 Å². The molecule has 0 aliphatic carbocycles. The first-order chi connectivity index (χ1) is 27.5. The summed E-state index contributed by atoms with van der Waals surface area (Å²) >= 11 is 0. The standard InChI is InChI=1S/C50H84N2O4/c1-5-9-13-17-19-23-37-51(35-21-15-11-7-3)39-27-33-49(53)55-43-45-29-25-31-47(41-45)48-32-26-30-46(42-48)44-56-50(54)34-28-40-52(36-22-16-12-8-4)38-24-20-18-14-10-6-2/h25-26,29-32,41-42H,5-24,27-28,33-40,43-44H2,1-4H3. The summed E-state index contributed by atoms with van der Waals surface area (Å²) in [6, 6.07) is 16.4. The van der Waals surface area contributed by atoms with E-state index in [1.807, 2.05) is 24.3 Å². The number of ether oxygens (including phenoxy) is 2. The number of rotatable bonds is 37. The lowest BCUT2D eigenvalue weighted by Crippen LogP contribution is -2.28. The van der Waals surface area contributed by atoms with E-state index in [2.05, 4.69) is 61.8 Å². The number of unbranched alkanes of at least 4 members (excludes halogenated alkanes) is 16. The Bertz CT molecular complexity index is 1150. The summed E-state index contributed by atoms with van der Waals surface area (Å²) in [5.41, 5.74) is 4.07. The molecule has 2 aromatic carbocycles. The van der Waals surface area contributed by atoms with Crippen molar-refractivity contribution in [2.24, 2.45) is 0 Å². The number of hydrogen-bond donors (Lipinski definition) is 0. The Morgan fingerprint density at radius 1 is 0.411 bits per heavy atom. The number of carbonyl (C=O) groups excluding carboxylic acids is 2. The lowest BCUT2D eigenvalue weighted by molar-refractivity contribution is -0.146. The molecule has 0 aromatic heterocycles. The van der Waals surface area contributed by atoms with Crippen molar-refractivity contribution >= 4 is 11.9 Å². The molecular weight excluding hydrogens is 693 g/mol. The SMILES string of the molecule is CCCCCCCCN(CCCCCC)CCCC(=O)OCc1cccc(-c2cccc(COC(=O)CCCN(CCCCCC)CCCCCCCC)c2)c1. The quantitative estimate of drug-likeness (QED) is 0.0503. The predicted molar refractivity (Wildman–Crippen MR) is 238 cm³/mol. The van der Waals surface area contributed by atoms with Crippen LogP contribution in [0, 0.1) is 0 Å². The van der Waals surface area contributed by atoms with Gasteiger partial charge < -0.3 is 19.3 Å². The van der Waals surface area contributed by atoms with Gasteiger partial charge >= 0.3 is 11.9 Å². The van der Waals surface area contributed by atoms with Crippen molar-refractivity contribution < 1.29 is 19.1 Å². The zero-order valence-electron chi connectivity index (χ0n) is 36.8. The number of hydrogen-bond acceptors (Lipinski definition) is 6. The molecule has 0 unspecified atom stereocenters. The van der Waals surface area contributed by atoms with Crippen molar-refractivity contribution in [1.29, 1.82) is 0 Å². The minimum atomic E-state index is -0.123. The highest BCUT2D eigenvalue weighted by Gasteiger charge is 2.11. The molecule has 0 heterocycles. The van der Waals surface area contributed by atoms with Crippen LogP contribution in [-0.4, -0.2) is 61.0 Å². The third-order valence-corrected chi connectivity index (χ3v) is 11.0. The molecule has 318 valence electrons. The molecule has 0 radical (unpaired) electrons. The Morgan fingerprint density at radius 3 is 1.07 bits per heavy atom. The second-order valence-corrected chi connectivity index (χ2v) is 16.3. The van der Waals surface area contributed by atoms with Gasteiger partial charge in [-0.2, -0.15) is 0 Å². The molecular formula is C50H84N2O4. The maximum Gasteiger partial charge on any atom is 0.306 e. The van der Waals surface area contributed by atoms with Crippen LogP contribution in [0.5, 0.6) is 0 Å². The Balaban J connectivity index is 1.77. The number of nitrogens with zero attached hydrogens (tertiary/aromatic N) is 2. The molecule has 6 heteroatoms. The maximum atomic E-state index is 12.7. The highest BCUT2D eigenvalue weighted by atomic mass is 16.5. The summed E-state index contributed by atoms with van der Waals surface area (Å²) in [7, 11) is 0. The zero-order valence-corrected chi connectivity index (χ0v) is 36.8. The number of carbonyl (C=O) groups is 2. The van der Waals surface area contributed by atoms with Gasteiger partial charge in [-0.05, 0) is 112 Å². The normalized spacial score (nSPS) is 11.5. The van der Waals surface area contributed by atoms with Gasteiger partial charge in [0.2, 0.25) is 0 Å². The van der Waals surface area contributed by atoms with Crippen molar-refractivity contribution in [2.75, 3.05) is 39.3 Å². The second kappa shape index (κ2) is 34.4. The van der Waals surface area contributed by atoms with Gasteiger partial charge in [0, 0.05) is 12.8 Å². The molecule has 0 spiro atoms. The van der Waals surface area contributed by atoms with Crippen molar-refractivity contribution in [3.63, 3.8) is 0 Å². The molecule has 0 saturated carbocycles. The molecule has 6 nitrogen and oxygen atoms in total. The Hall–Kier alpha value is -2.70. The average Bonchev–Trinajstić information content (AvgIpc) is 3.21. The van der Waals surface area contributed by atoms with Gasteiger partial charge in [0.25, 0.3) is 0 Å². The van der Waals surface area contributed by atoms with Crippen LogP contribution in [0.1, 0.15) is 193 Å². The summed E-state index contributed by atoms with van der Waals surface area (Å²) in [6.07, 6.45) is 28.6. The van der Waals surface area contributed by atoms with E-state index in [0.29, 0.717) is 12.8 Å². The topological polar surface area (TPSA) is 59.1 Å². The molecule has 0 N–H and O–H groups in total. The molecule has 56 heavy (non-hydrogen) atoms. The van der Waals surface area contributed by atoms with E-state index in [1.165, 1.54) is 128 Å². The van der Waals surface area contributed by atoms with Gasteiger partial charge in [-0.1, -0.05) is 167 Å². The lowest BCUT2D eigenvalue weighted by Gasteiger charge is -2.22. The average molecular weight is 777 g/mol. The van der Waals surface area contributed by atoms with Gasteiger partial charge in [-0.15, -0.1) is 0 Å². The van der Waals surface area contributed by atoms with Crippen LogP contribution in [0.25, 0.3) is 11.1 Å². The van der Waals surface area contributed by atoms with Crippen LogP contribution in [0.3, 0.4) is 0 Å². The van der Waals surface area contributed by atoms with Crippen LogP contribution in [0.4, 0.5) is 0 Å². The van der Waals surface area contributed by atoms with E-state index in [4.69, 9.17) is 9.47 Å². The highest BCUT2D eigenvalue weighted by molar-refractivity contribution is 5.70. The largest absolute Gasteiger partial charge is 0.461 e. The van der Waals surface area contributed by atoms with Crippen molar-refractivity contribution in [2.45, 2.75) is 195 Å². The van der Waals surface area contributed by atoms with Crippen LogP contribution < -0.4 is 0 Å². The first-order valence-corrected chi connectivity index (χ1v) is 23.4. The molecule has 0 aliphatic heterocycles. The number of benzene rings is 2. The fraction of sp³-hybridized carbons (Fsp3) is 0.720. The van der Waals surface area contributed by atoms with Gasteiger partial charge in [0.05, 0.1) is 0 Å². The van der Waals surface area contributed by atoms with Gasteiger partial charge in [-0.3, -0.25) is 9.59 Å². The van der Waals surface area contributed by atoms with Crippen molar-refractivity contribution in [1.82, 2.24) is 9.80 Å². The minimum Gasteiger partial charge on any atom is -0.461 e. The van der Waals surface area contributed by atoms with Crippen LogP contribution >= 0.6 is 0 Å². The molecule has 2 rings (SSSR count). The fourth-order valence-electron chi connectivity index (χ4n) is 7.47. The summed E-state index contributed by atoms with van der Waals surface area (Å²) in [5, 5.41) is 0. The molecule has 0 fully saturated rings. The maximum absolute atomic E-state index is 12.7. The van der Waals surface area contributed by atoms with Gasteiger partial charge in [-0.25, -0.2) is 0 Å². The van der Waals surface area contributed by atoms with Crippen molar-refractivity contribution in [3.8, 4) is 11.1 Å². The van der Waals surface area contributed by atoms with E-state index in [-0.39, 0.29) is 25.2 Å². The molecule has 0 saturated heterocycles. The monoisotopic (exact) mass is 777 g/mol. The van der Waals surface area contributed by atoms with E-state index >= 15 is 0 Å². The predicted octanol–water partition coefficient (Wildman–Crippen LogP) is 13.5. The van der Waals surface area contributed by atoms with E-state index in [1.54, 1.807) is 0 Å². The lowest BCUT2D eigenvalue weighted by atomic mass is 10.0. The summed E-state index contributed by atoms with van der Waals surface area (Å²) in [4.78, 5) is 30.6. The van der Waals surface area contributed by atoms with Gasteiger partial charge in [0.1, 0.15) is 13.2 Å². The second-order valence-electron chi connectivity index (χ2n) is 16.3. The Labute approximate surface area is 344 Å². The Morgan fingerprint density at radius 2 is 0.714 bits per heavy atom. The fourth-order valence-corrected chi connectivity index (χ4v) is 7.47. The van der Waals surface area contributed by atoms with Crippen molar-refractivity contribution in [3.05, 3.63) is 59.7 Å². The molecule has 0 bridgehead atoms. The first-order valence-electron chi connectivity index (χ1n) is 23.4. The van der Waals surface area contributed by atoms with E-state index in [9.17, 15) is 9.59 Å². The zero-order chi connectivity index (χ0) is 40.3. The minimum absolute atomic E-state index is 0.123. The van der Waals surface area contributed by atoms with Gasteiger partial charge in [0.15, 0.2) is 0 Å². The highest BCUT2D eigenvalue weighted by Crippen LogP contribution is 2.23. The van der Waals surface area contributed by atoms with Crippen LogP contribution in [0.15, 0.2) is 48.5 Å². The van der Waals surface area contributed by atoms with Crippen LogP contribution in [0.2, 0.25) is 0 Å².